The first kappa shape index (κ1) is 28.9. The predicted octanol–water partition coefficient (Wildman–Crippen LogP) is 3.05. The first-order valence-electron chi connectivity index (χ1n) is 11.3. The zero-order valence-electron chi connectivity index (χ0n) is 19.5. The van der Waals surface area contributed by atoms with Crippen LogP contribution in [0.25, 0.3) is 0 Å². The molecule has 0 aliphatic carbocycles. The molecule has 0 spiro atoms. The van der Waals surface area contributed by atoms with Crippen molar-refractivity contribution in [3.8, 4) is 0 Å². The summed E-state index contributed by atoms with van der Waals surface area (Å²) in [5.41, 5.74) is 2.38. The van der Waals surface area contributed by atoms with Crippen LogP contribution in [0.4, 0.5) is 13.2 Å². The van der Waals surface area contributed by atoms with Crippen molar-refractivity contribution < 1.29 is 32.8 Å². The number of carboxylic acids is 1. The zero-order chi connectivity index (χ0) is 26.2. The van der Waals surface area contributed by atoms with Crippen LogP contribution in [0, 0.1) is 5.92 Å². The molecule has 0 bridgehead atoms. The molecule has 0 aromatic heterocycles. The van der Waals surface area contributed by atoms with E-state index in [1.54, 1.807) is 0 Å². The maximum Gasteiger partial charge on any atom is 0.430 e. The van der Waals surface area contributed by atoms with Crippen LogP contribution in [-0.2, 0) is 16.0 Å². The predicted molar refractivity (Wildman–Crippen MR) is 127 cm³/mol. The van der Waals surface area contributed by atoms with Gasteiger partial charge in [0.1, 0.15) is 5.97 Å². The lowest BCUT2D eigenvalue weighted by atomic mass is 9.86. The third-order valence-corrected chi connectivity index (χ3v) is 6.59. The zero-order valence-corrected chi connectivity index (χ0v) is 21.0. The Morgan fingerprint density at radius 3 is 1.94 bits per heavy atom. The molecule has 1 amide bonds. The maximum atomic E-state index is 12.8. The number of carbonyl (C=O) groups is 2. The second-order valence-electron chi connectivity index (χ2n) is 8.80. The molecule has 10 heteroatoms. The van der Waals surface area contributed by atoms with Crippen molar-refractivity contribution in [2.45, 2.75) is 44.3 Å². The Kier molecular flexibility index (Phi) is 10.9. The van der Waals surface area contributed by atoms with E-state index in [2.05, 4.69) is 43.6 Å². The minimum Gasteiger partial charge on any atom is -0.542 e. The van der Waals surface area contributed by atoms with E-state index >= 15 is 0 Å². The van der Waals surface area contributed by atoms with Crippen molar-refractivity contribution in [1.29, 1.82) is 0 Å². The average Bonchev–Trinajstić information content (AvgIpc) is 2.79. The number of alkyl halides is 3. The lowest BCUT2D eigenvalue weighted by Crippen LogP contribution is -3.10. The second-order valence-corrected chi connectivity index (χ2v) is 9.68. The Morgan fingerprint density at radius 2 is 1.49 bits per heavy atom. The highest BCUT2D eigenvalue weighted by Gasteiger charge is 2.29. The SMILES string of the molecule is C[C@@H](NC(=O)C1CC[NH+](C)CC1)[C@H](Cc1ccc(Cl)cc1)c1ccc(Cl)cc1.O=C([O-])C(F)(F)F. The fourth-order valence-electron chi connectivity index (χ4n) is 3.98. The Hall–Kier alpha value is -2.29. The fraction of sp³-hybridized carbons (Fsp3) is 0.440. The Morgan fingerprint density at radius 1 is 1.03 bits per heavy atom. The number of benzene rings is 2. The van der Waals surface area contributed by atoms with E-state index in [0.717, 1.165) is 42.4 Å². The van der Waals surface area contributed by atoms with Gasteiger partial charge in [-0.1, -0.05) is 47.5 Å². The van der Waals surface area contributed by atoms with E-state index in [4.69, 9.17) is 33.1 Å². The maximum absolute atomic E-state index is 12.8. The fourth-order valence-corrected chi connectivity index (χ4v) is 4.24. The van der Waals surface area contributed by atoms with Gasteiger partial charge in [0.2, 0.25) is 5.91 Å². The van der Waals surface area contributed by atoms with Gasteiger partial charge in [0.05, 0.1) is 20.1 Å². The molecule has 2 aromatic rings. The molecule has 1 fully saturated rings. The summed E-state index contributed by atoms with van der Waals surface area (Å²) in [6.45, 7) is 4.24. The molecular formula is C25H29Cl2F3N2O3. The van der Waals surface area contributed by atoms with Crippen molar-refractivity contribution in [1.82, 2.24) is 5.32 Å². The number of aliphatic carboxylic acids is 1. The summed E-state index contributed by atoms with van der Waals surface area (Å²) in [5.74, 6) is -2.52. The monoisotopic (exact) mass is 532 g/mol. The first-order valence-corrected chi connectivity index (χ1v) is 12.0. The van der Waals surface area contributed by atoms with Gasteiger partial charge in [0, 0.05) is 40.8 Å². The van der Waals surface area contributed by atoms with Gasteiger partial charge in [0.25, 0.3) is 0 Å². The van der Waals surface area contributed by atoms with Crippen molar-refractivity contribution in [3.05, 3.63) is 69.7 Å². The number of likely N-dealkylation sites (tertiary alicyclic amines) is 1. The van der Waals surface area contributed by atoms with Gasteiger partial charge in [-0.3, -0.25) is 4.79 Å². The Bertz CT molecular complexity index is 961. The van der Waals surface area contributed by atoms with Gasteiger partial charge in [-0.2, -0.15) is 13.2 Å². The molecule has 0 unspecified atom stereocenters. The van der Waals surface area contributed by atoms with Gasteiger partial charge in [-0.05, 0) is 48.7 Å². The van der Waals surface area contributed by atoms with E-state index in [1.807, 2.05) is 24.3 Å². The molecule has 1 aliphatic rings. The lowest BCUT2D eigenvalue weighted by Gasteiger charge is -2.30. The number of carbonyl (C=O) groups excluding carboxylic acids is 2. The van der Waals surface area contributed by atoms with Crippen LogP contribution in [0.15, 0.2) is 48.5 Å². The molecule has 3 rings (SSSR count). The quantitative estimate of drug-likeness (QED) is 0.600. The number of piperidine rings is 1. The van der Waals surface area contributed by atoms with Crippen LogP contribution in [0.1, 0.15) is 36.8 Å². The van der Waals surface area contributed by atoms with E-state index in [-0.39, 0.29) is 23.8 Å². The minimum absolute atomic E-state index is 0.0244. The summed E-state index contributed by atoms with van der Waals surface area (Å²) in [4.78, 5) is 23.1. The van der Waals surface area contributed by atoms with Gasteiger partial charge >= 0.3 is 6.18 Å². The number of amides is 1. The number of quaternary nitrogens is 1. The van der Waals surface area contributed by atoms with Crippen molar-refractivity contribution >= 4 is 35.1 Å². The molecule has 1 saturated heterocycles. The summed E-state index contributed by atoms with van der Waals surface area (Å²) >= 11 is 12.1. The molecule has 35 heavy (non-hydrogen) atoms. The number of carboxylic acid groups (broad SMARTS) is 1. The molecule has 0 radical (unpaired) electrons. The first-order chi connectivity index (χ1) is 16.4. The molecule has 2 N–H and O–H groups in total. The third kappa shape index (κ3) is 9.70. The van der Waals surface area contributed by atoms with Crippen LogP contribution in [0.2, 0.25) is 10.0 Å². The molecule has 192 valence electrons. The summed E-state index contributed by atoms with van der Waals surface area (Å²) in [6, 6.07) is 15.9. The molecular weight excluding hydrogens is 504 g/mol. The average molecular weight is 533 g/mol. The van der Waals surface area contributed by atoms with Crippen LogP contribution in [0.5, 0.6) is 0 Å². The van der Waals surface area contributed by atoms with Gasteiger partial charge in [-0.25, -0.2) is 0 Å². The van der Waals surface area contributed by atoms with Gasteiger partial charge < -0.3 is 20.1 Å². The van der Waals surface area contributed by atoms with E-state index in [9.17, 15) is 18.0 Å². The number of nitrogens with one attached hydrogen (secondary N) is 2. The van der Waals surface area contributed by atoms with Gasteiger partial charge in [-0.15, -0.1) is 0 Å². The number of halogens is 5. The molecule has 1 aliphatic heterocycles. The van der Waals surface area contributed by atoms with Crippen LogP contribution in [0.3, 0.4) is 0 Å². The second kappa shape index (κ2) is 13.1. The molecule has 5 nitrogen and oxygen atoms in total. The van der Waals surface area contributed by atoms with Crippen molar-refractivity contribution in [2.75, 3.05) is 20.1 Å². The molecule has 1 heterocycles. The summed E-state index contributed by atoms with van der Waals surface area (Å²) in [7, 11) is 2.19. The number of rotatable bonds is 6. The van der Waals surface area contributed by atoms with Crippen molar-refractivity contribution in [2.24, 2.45) is 5.92 Å². The summed E-state index contributed by atoms with van der Waals surface area (Å²) in [6.07, 6.45) is -2.43. The van der Waals surface area contributed by atoms with Crippen LogP contribution in [-0.4, -0.2) is 44.2 Å². The third-order valence-electron chi connectivity index (χ3n) is 6.08. The minimum atomic E-state index is -5.19. The van der Waals surface area contributed by atoms with E-state index in [0.29, 0.717) is 0 Å². The summed E-state index contributed by atoms with van der Waals surface area (Å²) in [5, 5.41) is 13.5. The largest absolute Gasteiger partial charge is 0.542 e. The van der Waals surface area contributed by atoms with Gasteiger partial charge in [0.15, 0.2) is 0 Å². The summed E-state index contributed by atoms with van der Waals surface area (Å²) < 4.78 is 31.5. The Balaban J connectivity index is 0.000000540. The van der Waals surface area contributed by atoms with E-state index < -0.39 is 12.1 Å². The Labute approximate surface area is 213 Å². The number of hydrogen-bond donors (Lipinski definition) is 2. The highest BCUT2D eigenvalue weighted by atomic mass is 35.5. The topological polar surface area (TPSA) is 73.7 Å². The van der Waals surface area contributed by atoms with Crippen molar-refractivity contribution in [3.63, 3.8) is 0 Å². The van der Waals surface area contributed by atoms with E-state index in [1.165, 1.54) is 16.0 Å². The molecule has 0 saturated carbocycles. The molecule has 2 atom stereocenters. The highest BCUT2D eigenvalue weighted by molar-refractivity contribution is 6.30. The molecule has 2 aromatic carbocycles. The van der Waals surface area contributed by atoms with Crippen LogP contribution < -0.4 is 15.3 Å². The lowest BCUT2D eigenvalue weighted by molar-refractivity contribution is -0.885. The smallest absolute Gasteiger partial charge is 0.430 e. The number of hydrogen-bond acceptors (Lipinski definition) is 3. The highest BCUT2D eigenvalue weighted by Crippen LogP contribution is 2.27. The standard InChI is InChI=1S/C23H28Cl2N2O.C2HF3O2/c1-16(26-23(28)19-11-13-27(2)14-12-19)22(18-5-9-21(25)10-6-18)15-17-3-7-20(24)8-4-17;3-2(4,5)1(6)7/h3-10,16,19,22H,11-15H2,1-2H3,(H,26,28);(H,6,7)/t16-,22+;/m1./s1. The van der Waals surface area contributed by atoms with Crippen LogP contribution >= 0.6 is 23.2 Å². The normalized spacial score (nSPS) is 19.6.